The van der Waals surface area contributed by atoms with Crippen molar-refractivity contribution in [1.82, 2.24) is 9.97 Å². The summed E-state index contributed by atoms with van der Waals surface area (Å²) in [6, 6.07) is 0. The first-order valence-electron chi connectivity index (χ1n) is 3.87. The number of hydrogen-bond acceptors (Lipinski definition) is 5. The summed E-state index contributed by atoms with van der Waals surface area (Å²) in [4.78, 5) is 17.0. The number of nitrogens with zero attached hydrogens (tertiary/aromatic N) is 1. The lowest BCUT2D eigenvalue weighted by molar-refractivity contribution is 0.598. The smallest absolute Gasteiger partial charge is 0.271 e. The maximum absolute atomic E-state index is 11.0. The third kappa shape index (κ3) is 3.86. The first-order chi connectivity index (χ1) is 6.90. The molecule has 0 aliphatic carbocycles. The van der Waals surface area contributed by atoms with Crippen LogP contribution in [0.3, 0.4) is 0 Å². The van der Waals surface area contributed by atoms with Crippen LogP contribution in [0.5, 0.6) is 0 Å². The molecule has 0 atom stereocenters. The molecule has 0 amide bonds. The van der Waals surface area contributed by atoms with Crippen LogP contribution in [0.4, 0.5) is 5.82 Å². The Morgan fingerprint density at radius 1 is 1.60 bits per heavy atom. The summed E-state index contributed by atoms with van der Waals surface area (Å²) in [5, 5.41) is 7.25. The van der Waals surface area contributed by atoms with Crippen molar-refractivity contribution in [1.29, 1.82) is 0 Å². The van der Waals surface area contributed by atoms with Crippen molar-refractivity contribution in [3.05, 3.63) is 21.7 Å². The number of primary sulfonamides is 1. The SMILES string of the molecule is NS(=O)(=O)CCNc1nc[nH]c(=O)c1Cl. The average Bonchev–Trinajstić information content (AvgIpc) is 2.10. The average molecular weight is 253 g/mol. The number of aromatic amines is 1. The Hall–Kier alpha value is -1.12. The molecule has 0 aliphatic rings. The molecule has 1 aromatic heterocycles. The van der Waals surface area contributed by atoms with Crippen LogP contribution in [0.2, 0.25) is 5.02 Å². The third-order valence-electron chi connectivity index (χ3n) is 1.48. The van der Waals surface area contributed by atoms with Crippen LogP contribution in [0, 0.1) is 0 Å². The summed E-state index contributed by atoms with van der Waals surface area (Å²) < 4.78 is 21.2. The second-order valence-corrected chi connectivity index (χ2v) is 4.80. The molecule has 0 radical (unpaired) electrons. The molecule has 0 aromatic carbocycles. The fraction of sp³-hybridized carbons (Fsp3) is 0.333. The van der Waals surface area contributed by atoms with Crippen molar-refractivity contribution >= 4 is 27.4 Å². The molecule has 1 heterocycles. The minimum atomic E-state index is -3.54. The normalized spacial score (nSPS) is 11.3. The van der Waals surface area contributed by atoms with E-state index in [4.69, 9.17) is 16.7 Å². The van der Waals surface area contributed by atoms with E-state index in [0.29, 0.717) is 0 Å². The van der Waals surface area contributed by atoms with E-state index in [1.807, 2.05) is 0 Å². The van der Waals surface area contributed by atoms with Crippen LogP contribution < -0.4 is 16.0 Å². The van der Waals surface area contributed by atoms with Gasteiger partial charge < -0.3 is 10.3 Å². The summed E-state index contributed by atoms with van der Waals surface area (Å²) in [6.07, 6.45) is 1.16. The molecule has 7 nitrogen and oxygen atoms in total. The molecule has 0 aliphatic heterocycles. The van der Waals surface area contributed by atoms with Crippen molar-refractivity contribution in [2.24, 2.45) is 5.14 Å². The number of nitrogens with one attached hydrogen (secondary N) is 2. The number of rotatable bonds is 4. The monoisotopic (exact) mass is 252 g/mol. The van der Waals surface area contributed by atoms with Crippen molar-refractivity contribution in [3.63, 3.8) is 0 Å². The highest BCUT2D eigenvalue weighted by Gasteiger charge is 2.06. The number of anilines is 1. The Kier molecular flexibility index (Phi) is 3.66. The Morgan fingerprint density at radius 3 is 2.87 bits per heavy atom. The highest BCUT2D eigenvalue weighted by atomic mass is 35.5. The number of H-pyrrole nitrogens is 1. The van der Waals surface area contributed by atoms with Gasteiger partial charge >= 0.3 is 0 Å². The van der Waals surface area contributed by atoms with Crippen LogP contribution in [0.1, 0.15) is 0 Å². The zero-order valence-corrected chi connectivity index (χ0v) is 9.10. The van der Waals surface area contributed by atoms with Crippen LogP contribution in [-0.2, 0) is 10.0 Å². The van der Waals surface area contributed by atoms with E-state index in [9.17, 15) is 13.2 Å². The van der Waals surface area contributed by atoms with E-state index in [-0.39, 0.29) is 23.1 Å². The van der Waals surface area contributed by atoms with Gasteiger partial charge in [-0.15, -0.1) is 0 Å². The lowest BCUT2D eigenvalue weighted by Crippen LogP contribution is -2.23. The molecule has 1 aromatic rings. The molecule has 1 rings (SSSR count). The van der Waals surface area contributed by atoms with Gasteiger partial charge in [0.2, 0.25) is 10.0 Å². The van der Waals surface area contributed by atoms with Gasteiger partial charge in [0.1, 0.15) is 5.02 Å². The lowest BCUT2D eigenvalue weighted by atomic mass is 10.5. The Balaban J connectivity index is 2.67. The number of nitrogens with two attached hydrogens (primary N) is 1. The van der Waals surface area contributed by atoms with Crippen LogP contribution >= 0.6 is 11.6 Å². The molecule has 0 unspecified atom stereocenters. The van der Waals surface area contributed by atoms with Gasteiger partial charge in [-0.25, -0.2) is 18.5 Å². The zero-order valence-electron chi connectivity index (χ0n) is 7.53. The molecule has 9 heteroatoms. The van der Waals surface area contributed by atoms with Gasteiger partial charge in [-0.05, 0) is 0 Å². The minimum Gasteiger partial charge on any atom is -0.368 e. The predicted octanol–water partition coefficient (Wildman–Crippen LogP) is -0.876. The van der Waals surface area contributed by atoms with Crippen molar-refractivity contribution in [2.45, 2.75) is 0 Å². The number of sulfonamides is 1. The molecule has 0 fully saturated rings. The molecule has 4 N–H and O–H groups in total. The number of halogens is 1. The second kappa shape index (κ2) is 4.60. The van der Waals surface area contributed by atoms with Crippen molar-refractivity contribution in [2.75, 3.05) is 17.6 Å². The van der Waals surface area contributed by atoms with Crippen LogP contribution in [0.15, 0.2) is 11.1 Å². The Morgan fingerprint density at radius 2 is 2.27 bits per heavy atom. The van der Waals surface area contributed by atoms with Crippen LogP contribution in [0.25, 0.3) is 0 Å². The molecule has 0 saturated heterocycles. The van der Waals surface area contributed by atoms with Gasteiger partial charge in [0.25, 0.3) is 5.56 Å². The first-order valence-corrected chi connectivity index (χ1v) is 5.97. The molecular formula is C6H9ClN4O3S. The maximum atomic E-state index is 11.0. The molecule has 0 saturated carbocycles. The van der Waals surface area contributed by atoms with E-state index in [0.717, 1.165) is 6.33 Å². The molecule has 15 heavy (non-hydrogen) atoms. The minimum absolute atomic E-state index is 0.0367. The van der Waals surface area contributed by atoms with Crippen molar-refractivity contribution in [3.8, 4) is 0 Å². The summed E-state index contributed by atoms with van der Waals surface area (Å²) in [7, 11) is -3.54. The van der Waals surface area contributed by atoms with Gasteiger partial charge in [-0.3, -0.25) is 4.79 Å². The van der Waals surface area contributed by atoms with E-state index in [2.05, 4.69) is 15.3 Å². The van der Waals surface area contributed by atoms with Crippen LogP contribution in [-0.4, -0.2) is 30.7 Å². The van der Waals surface area contributed by atoms with Gasteiger partial charge in [0, 0.05) is 6.54 Å². The molecular weight excluding hydrogens is 244 g/mol. The Bertz CT molecular complexity index is 497. The van der Waals surface area contributed by atoms with E-state index in [1.54, 1.807) is 0 Å². The highest BCUT2D eigenvalue weighted by molar-refractivity contribution is 7.89. The topological polar surface area (TPSA) is 118 Å². The lowest BCUT2D eigenvalue weighted by Gasteiger charge is -2.04. The third-order valence-corrected chi connectivity index (χ3v) is 2.60. The largest absolute Gasteiger partial charge is 0.368 e. The quantitative estimate of drug-likeness (QED) is 0.643. The summed E-state index contributed by atoms with van der Waals surface area (Å²) in [5.74, 6) is -0.137. The fourth-order valence-corrected chi connectivity index (χ4v) is 1.37. The standard InChI is InChI=1S/C6H9ClN4O3S/c7-4-5(10-3-11-6(4)12)9-1-2-15(8,13)14/h3H,1-2H2,(H2,8,13,14)(H2,9,10,11,12). The van der Waals surface area contributed by atoms with Gasteiger partial charge in [-0.1, -0.05) is 11.6 Å². The van der Waals surface area contributed by atoms with Gasteiger partial charge in [0.15, 0.2) is 5.82 Å². The van der Waals surface area contributed by atoms with Gasteiger partial charge in [-0.2, -0.15) is 0 Å². The second-order valence-electron chi connectivity index (χ2n) is 2.69. The van der Waals surface area contributed by atoms with E-state index < -0.39 is 15.6 Å². The molecule has 84 valence electrons. The summed E-state index contributed by atoms with van der Waals surface area (Å²) in [5.41, 5.74) is -0.496. The summed E-state index contributed by atoms with van der Waals surface area (Å²) >= 11 is 5.59. The first kappa shape index (κ1) is 12.0. The number of aromatic nitrogens is 2. The van der Waals surface area contributed by atoms with E-state index in [1.165, 1.54) is 0 Å². The zero-order chi connectivity index (χ0) is 11.5. The van der Waals surface area contributed by atoms with Crippen molar-refractivity contribution < 1.29 is 8.42 Å². The van der Waals surface area contributed by atoms with E-state index >= 15 is 0 Å². The molecule has 0 spiro atoms. The van der Waals surface area contributed by atoms with Gasteiger partial charge in [0.05, 0.1) is 12.1 Å². The maximum Gasteiger partial charge on any atom is 0.271 e. The predicted molar refractivity (Wildman–Crippen MR) is 56.3 cm³/mol. The highest BCUT2D eigenvalue weighted by Crippen LogP contribution is 2.11. The summed E-state index contributed by atoms with van der Waals surface area (Å²) in [6.45, 7) is 0.0367. The Labute approximate surface area is 90.7 Å². The molecule has 0 bridgehead atoms. The number of hydrogen-bond donors (Lipinski definition) is 3. The fourth-order valence-electron chi connectivity index (χ4n) is 0.818.